The molecule has 3 aromatic heterocycles. The Kier molecular flexibility index (Phi) is 6.46. The monoisotopic (exact) mass is 456 g/mol. The van der Waals surface area contributed by atoms with Crippen LogP contribution in [0.15, 0.2) is 72.4 Å². The number of carbonyl (C=O) groups is 1. The molecule has 0 spiro atoms. The Hall–Kier alpha value is -3.49. The Morgan fingerprint density at radius 1 is 1.00 bits per heavy atom. The molecule has 1 N–H and O–H groups in total. The molecule has 7 nitrogen and oxygen atoms in total. The number of amides is 1. The SMILES string of the molecule is O=C(CN1CCCCC1c1ccccc1)Nc1cc(-c2nccs2)nc(-c2ccccn2)n1. The molecule has 4 aromatic rings. The molecule has 0 bridgehead atoms. The van der Waals surface area contributed by atoms with Gasteiger partial charge in [0, 0.05) is 29.9 Å². The number of benzene rings is 1. The summed E-state index contributed by atoms with van der Waals surface area (Å²) in [5.41, 5.74) is 2.57. The molecule has 1 aromatic carbocycles. The van der Waals surface area contributed by atoms with E-state index in [0.717, 1.165) is 24.4 Å². The van der Waals surface area contributed by atoms with Crippen LogP contribution in [0.1, 0.15) is 30.9 Å². The average molecular weight is 457 g/mol. The molecule has 1 fully saturated rings. The summed E-state index contributed by atoms with van der Waals surface area (Å²) >= 11 is 1.49. The first-order chi connectivity index (χ1) is 16.3. The predicted octanol–water partition coefficient (Wildman–Crippen LogP) is 4.83. The number of likely N-dealkylation sites (tertiary alicyclic amines) is 1. The number of rotatable bonds is 6. The van der Waals surface area contributed by atoms with Crippen LogP contribution in [0.5, 0.6) is 0 Å². The van der Waals surface area contributed by atoms with Crippen LogP contribution in [-0.4, -0.2) is 43.8 Å². The number of piperidine rings is 1. The molecule has 8 heteroatoms. The van der Waals surface area contributed by atoms with E-state index < -0.39 is 0 Å². The fraction of sp³-hybridized carbons (Fsp3) is 0.240. The van der Waals surface area contributed by atoms with Crippen molar-refractivity contribution in [2.75, 3.05) is 18.4 Å². The summed E-state index contributed by atoms with van der Waals surface area (Å²) in [6.07, 6.45) is 6.77. The van der Waals surface area contributed by atoms with E-state index in [9.17, 15) is 4.79 Å². The molecule has 0 aliphatic carbocycles. The normalized spacial score (nSPS) is 16.4. The van der Waals surface area contributed by atoms with Gasteiger partial charge in [0.2, 0.25) is 5.91 Å². The summed E-state index contributed by atoms with van der Waals surface area (Å²) in [6, 6.07) is 18.0. The van der Waals surface area contributed by atoms with Crippen LogP contribution >= 0.6 is 11.3 Å². The number of carbonyl (C=O) groups excluding carboxylic acids is 1. The number of pyridine rings is 1. The highest BCUT2D eigenvalue weighted by Crippen LogP contribution is 2.30. The summed E-state index contributed by atoms with van der Waals surface area (Å²) in [5, 5.41) is 5.66. The Bertz CT molecular complexity index is 1200. The summed E-state index contributed by atoms with van der Waals surface area (Å²) < 4.78 is 0. The summed E-state index contributed by atoms with van der Waals surface area (Å²) in [6.45, 7) is 1.22. The van der Waals surface area contributed by atoms with Gasteiger partial charge >= 0.3 is 0 Å². The zero-order valence-electron chi connectivity index (χ0n) is 18.1. The number of anilines is 1. The molecule has 166 valence electrons. The average Bonchev–Trinajstić information content (AvgIpc) is 3.40. The van der Waals surface area contributed by atoms with Crippen LogP contribution in [0.2, 0.25) is 0 Å². The first-order valence-corrected chi connectivity index (χ1v) is 11.9. The van der Waals surface area contributed by atoms with E-state index in [0.29, 0.717) is 29.6 Å². The van der Waals surface area contributed by atoms with Crippen LogP contribution < -0.4 is 5.32 Å². The molecular weight excluding hydrogens is 432 g/mol. The van der Waals surface area contributed by atoms with Gasteiger partial charge in [-0.25, -0.2) is 15.0 Å². The maximum absolute atomic E-state index is 13.1. The second-order valence-corrected chi connectivity index (χ2v) is 8.85. The Morgan fingerprint density at radius 3 is 2.67 bits per heavy atom. The van der Waals surface area contributed by atoms with Gasteiger partial charge in [-0.2, -0.15) is 0 Å². The lowest BCUT2D eigenvalue weighted by Crippen LogP contribution is -2.39. The van der Waals surface area contributed by atoms with E-state index in [1.54, 1.807) is 18.5 Å². The zero-order chi connectivity index (χ0) is 22.5. The second-order valence-electron chi connectivity index (χ2n) is 7.96. The highest BCUT2D eigenvalue weighted by Gasteiger charge is 2.25. The largest absolute Gasteiger partial charge is 0.309 e. The number of hydrogen-bond acceptors (Lipinski definition) is 7. The van der Waals surface area contributed by atoms with Crippen molar-refractivity contribution in [1.29, 1.82) is 0 Å². The van der Waals surface area contributed by atoms with Crippen molar-refractivity contribution in [3.8, 4) is 22.2 Å². The van der Waals surface area contributed by atoms with Crippen LogP contribution in [0.3, 0.4) is 0 Å². The van der Waals surface area contributed by atoms with Gasteiger partial charge in [-0.15, -0.1) is 11.3 Å². The van der Waals surface area contributed by atoms with E-state index in [-0.39, 0.29) is 11.9 Å². The summed E-state index contributed by atoms with van der Waals surface area (Å²) in [5.74, 6) is 0.821. The van der Waals surface area contributed by atoms with Crippen LogP contribution in [0.4, 0.5) is 5.82 Å². The third-order valence-electron chi connectivity index (χ3n) is 5.68. The minimum absolute atomic E-state index is 0.0893. The van der Waals surface area contributed by atoms with Crippen molar-refractivity contribution < 1.29 is 4.79 Å². The number of nitrogens with zero attached hydrogens (tertiary/aromatic N) is 5. The topological polar surface area (TPSA) is 83.9 Å². The minimum atomic E-state index is -0.0893. The highest BCUT2D eigenvalue weighted by molar-refractivity contribution is 7.13. The number of hydrogen-bond donors (Lipinski definition) is 1. The van der Waals surface area contributed by atoms with Crippen molar-refractivity contribution in [3.05, 3.63) is 77.9 Å². The van der Waals surface area contributed by atoms with Crippen molar-refractivity contribution in [1.82, 2.24) is 24.8 Å². The van der Waals surface area contributed by atoms with E-state index in [2.05, 4.69) is 54.4 Å². The quantitative estimate of drug-likeness (QED) is 0.447. The Balaban J connectivity index is 1.38. The molecule has 1 unspecified atom stereocenters. The number of aromatic nitrogens is 4. The molecule has 33 heavy (non-hydrogen) atoms. The van der Waals surface area contributed by atoms with Crippen molar-refractivity contribution in [2.45, 2.75) is 25.3 Å². The lowest BCUT2D eigenvalue weighted by atomic mass is 9.95. The van der Waals surface area contributed by atoms with E-state index >= 15 is 0 Å². The molecule has 1 aliphatic rings. The Labute approximate surface area is 196 Å². The van der Waals surface area contributed by atoms with E-state index in [4.69, 9.17) is 0 Å². The van der Waals surface area contributed by atoms with Crippen molar-refractivity contribution in [2.24, 2.45) is 0 Å². The van der Waals surface area contributed by atoms with Gasteiger partial charge in [-0.1, -0.05) is 42.8 Å². The fourth-order valence-electron chi connectivity index (χ4n) is 4.18. The molecule has 1 aliphatic heterocycles. The summed E-state index contributed by atoms with van der Waals surface area (Å²) in [4.78, 5) is 33.3. The van der Waals surface area contributed by atoms with E-state index in [1.807, 2.05) is 29.6 Å². The van der Waals surface area contributed by atoms with Gasteiger partial charge in [-0.05, 0) is 37.1 Å². The first kappa shape index (κ1) is 21.4. The molecule has 1 atom stereocenters. The van der Waals surface area contributed by atoms with Crippen molar-refractivity contribution in [3.63, 3.8) is 0 Å². The van der Waals surface area contributed by atoms with Gasteiger partial charge < -0.3 is 5.32 Å². The van der Waals surface area contributed by atoms with Crippen molar-refractivity contribution >= 4 is 23.1 Å². The first-order valence-electron chi connectivity index (χ1n) is 11.1. The molecule has 1 amide bonds. The summed E-state index contributed by atoms with van der Waals surface area (Å²) in [7, 11) is 0. The maximum Gasteiger partial charge on any atom is 0.239 e. The minimum Gasteiger partial charge on any atom is -0.309 e. The predicted molar refractivity (Wildman–Crippen MR) is 130 cm³/mol. The standard InChI is InChI=1S/C25H24N6OS/c32-23(17-31-14-7-5-11-21(31)18-8-2-1-3-9-18)29-22-16-20(25-27-13-15-33-25)28-24(30-22)19-10-4-6-12-26-19/h1-4,6,8-10,12-13,15-16,21H,5,7,11,14,17H2,(H,28,29,30,32). The second kappa shape index (κ2) is 9.97. The molecular formula is C25H24N6OS. The highest BCUT2D eigenvalue weighted by atomic mass is 32.1. The van der Waals surface area contributed by atoms with Gasteiger partial charge in [-0.3, -0.25) is 14.7 Å². The van der Waals surface area contributed by atoms with Gasteiger partial charge in [0.15, 0.2) is 5.82 Å². The Morgan fingerprint density at radius 2 is 1.88 bits per heavy atom. The lowest BCUT2D eigenvalue weighted by molar-refractivity contribution is -0.118. The van der Waals surface area contributed by atoms with Crippen LogP contribution in [0, 0.1) is 0 Å². The number of nitrogens with one attached hydrogen (secondary N) is 1. The maximum atomic E-state index is 13.1. The number of thiazole rings is 1. The third kappa shape index (κ3) is 5.13. The third-order valence-corrected chi connectivity index (χ3v) is 6.48. The molecule has 0 radical (unpaired) electrons. The smallest absolute Gasteiger partial charge is 0.239 e. The van der Waals surface area contributed by atoms with Gasteiger partial charge in [0.1, 0.15) is 22.2 Å². The lowest BCUT2D eigenvalue weighted by Gasteiger charge is -2.35. The van der Waals surface area contributed by atoms with E-state index in [1.165, 1.54) is 23.3 Å². The van der Waals surface area contributed by atoms with Crippen LogP contribution in [0.25, 0.3) is 22.2 Å². The molecule has 0 saturated carbocycles. The van der Waals surface area contributed by atoms with Gasteiger partial charge in [0.05, 0.1) is 6.54 Å². The molecule has 4 heterocycles. The molecule has 1 saturated heterocycles. The van der Waals surface area contributed by atoms with Crippen LogP contribution in [-0.2, 0) is 4.79 Å². The van der Waals surface area contributed by atoms with Gasteiger partial charge in [0.25, 0.3) is 0 Å². The zero-order valence-corrected chi connectivity index (χ0v) is 18.9. The molecule has 5 rings (SSSR count). The fourth-order valence-corrected chi connectivity index (χ4v) is 4.78.